The number of alkyl halides is 3. The summed E-state index contributed by atoms with van der Waals surface area (Å²) in [7, 11) is 0. The number of carbonyl (C=O) groups excluding carboxylic acids is 2. The molecule has 1 aliphatic carbocycles. The number of halogens is 3. The SMILES string of the molecule is O=C(NC1(OC(F)(F)F)CC1)C1C(=O)ONC1O. The Labute approximate surface area is 98.2 Å². The van der Waals surface area contributed by atoms with Gasteiger partial charge >= 0.3 is 12.3 Å². The van der Waals surface area contributed by atoms with Crippen LogP contribution in [0.3, 0.4) is 0 Å². The van der Waals surface area contributed by atoms with E-state index in [1.54, 1.807) is 0 Å². The van der Waals surface area contributed by atoms with Crippen LogP contribution < -0.4 is 10.8 Å². The van der Waals surface area contributed by atoms with E-state index < -0.39 is 36.1 Å². The lowest BCUT2D eigenvalue weighted by Gasteiger charge is -2.21. The molecule has 1 saturated heterocycles. The van der Waals surface area contributed by atoms with Crippen LogP contribution in [-0.2, 0) is 19.2 Å². The summed E-state index contributed by atoms with van der Waals surface area (Å²) < 4.78 is 39.9. The van der Waals surface area contributed by atoms with Gasteiger partial charge < -0.3 is 15.3 Å². The maximum Gasteiger partial charge on any atom is 0.524 e. The molecule has 0 aromatic carbocycles. The Morgan fingerprint density at radius 1 is 1.56 bits per heavy atom. The lowest BCUT2D eigenvalue weighted by atomic mass is 10.1. The Hall–Kier alpha value is -1.39. The number of hydrogen-bond acceptors (Lipinski definition) is 6. The van der Waals surface area contributed by atoms with Crippen LogP contribution in [0.25, 0.3) is 0 Å². The molecule has 0 aromatic heterocycles. The lowest BCUT2D eigenvalue weighted by Crippen LogP contribution is -2.48. The molecule has 1 amide bonds. The highest BCUT2D eigenvalue weighted by molar-refractivity contribution is 5.99. The van der Waals surface area contributed by atoms with Crippen molar-refractivity contribution in [2.24, 2.45) is 5.92 Å². The summed E-state index contributed by atoms with van der Waals surface area (Å²) >= 11 is 0. The molecule has 2 rings (SSSR count). The van der Waals surface area contributed by atoms with E-state index in [4.69, 9.17) is 0 Å². The molecule has 1 saturated carbocycles. The second kappa shape index (κ2) is 4.07. The molecule has 0 radical (unpaired) electrons. The molecule has 2 aliphatic rings. The highest BCUT2D eigenvalue weighted by atomic mass is 19.4. The minimum absolute atomic E-state index is 0.0243. The van der Waals surface area contributed by atoms with Crippen molar-refractivity contribution in [3.05, 3.63) is 0 Å². The van der Waals surface area contributed by atoms with Crippen LogP contribution in [-0.4, -0.2) is 35.3 Å². The fourth-order valence-corrected chi connectivity index (χ4v) is 1.52. The Kier molecular flexibility index (Phi) is 2.95. The standard InChI is InChI=1S/C8H9F3N2O5/c9-8(10,11)18-7(1-2-7)12-4(14)3-5(15)13-17-6(3)16/h3,5,13,15H,1-2H2,(H,12,14). The third-order valence-corrected chi connectivity index (χ3v) is 2.50. The summed E-state index contributed by atoms with van der Waals surface area (Å²) in [6.07, 6.45) is -6.54. The molecular formula is C8H9F3N2O5. The van der Waals surface area contributed by atoms with Gasteiger partial charge in [-0.3, -0.25) is 9.53 Å². The Morgan fingerprint density at radius 2 is 2.17 bits per heavy atom. The third kappa shape index (κ3) is 2.71. The van der Waals surface area contributed by atoms with E-state index in [0.717, 1.165) is 0 Å². The van der Waals surface area contributed by atoms with Crippen LogP contribution in [0.15, 0.2) is 0 Å². The molecule has 1 aliphatic heterocycles. The predicted octanol–water partition coefficient (Wildman–Crippen LogP) is -0.875. The molecule has 3 N–H and O–H groups in total. The first-order chi connectivity index (χ1) is 8.22. The molecule has 2 atom stereocenters. The van der Waals surface area contributed by atoms with Gasteiger partial charge in [-0.05, 0) is 0 Å². The Morgan fingerprint density at radius 3 is 2.56 bits per heavy atom. The first-order valence-electron chi connectivity index (χ1n) is 4.96. The quantitative estimate of drug-likeness (QED) is 0.455. The van der Waals surface area contributed by atoms with E-state index in [0.29, 0.717) is 0 Å². The number of aliphatic hydroxyl groups is 1. The molecule has 18 heavy (non-hydrogen) atoms. The van der Waals surface area contributed by atoms with Gasteiger partial charge in [-0.25, -0.2) is 4.79 Å². The monoisotopic (exact) mass is 270 g/mol. The summed E-state index contributed by atoms with van der Waals surface area (Å²) in [6, 6.07) is 0. The fourth-order valence-electron chi connectivity index (χ4n) is 1.52. The molecule has 1 heterocycles. The van der Waals surface area contributed by atoms with Gasteiger partial charge in [0.1, 0.15) is 0 Å². The number of aliphatic hydroxyl groups excluding tert-OH is 1. The van der Waals surface area contributed by atoms with E-state index in [1.807, 2.05) is 10.8 Å². The number of amides is 1. The number of nitrogens with one attached hydrogen (secondary N) is 2. The van der Waals surface area contributed by atoms with Crippen molar-refractivity contribution in [3.8, 4) is 0 Å². The normalized spacial score (nSPS) is 29.9. The van der Waals surface area contributed by atoms with E-state index in [-0.39, 0.29) is 12.8 Å². The summed E-state index contributed by atoms with van der Waals surface area (Å²) in [5, 5.41) is 11.1. The first-order valence-corrected chi connectivity index (χ1v) is 4.96. The molecule has 102 valence electrons. The summed E-state index contributed by atoms with van der Waals surface area (Å²) in [5.74, 6) is -3.76. The number of ether oxygens (including phenoxy) is 1. The predicted molar refractivity (Wildman–Crippen MR) is 46.0 cm³/mol. The maximum atomic E-state index is 12.0. The van der Waals surface area contributed by atoms with Gasteiger partial charge in [0, 0.05) is 12.8 Å². The van der Waals surface area contributed by atoms with Gasteiger partial charge in [0.15, 0.2) is 17.9 Å². The topological polar surface area (TPSA) is 96.9 Å². The zero-order valence-corrected chi connectivity index (χ0v) is 8.78. The van der Waals surface area contributed by atoms with Gasteiger partial charge in [0.25, 0.3) is 0 Å². The summed E-state index contributed by atoms with van der Waals surface area (Å²) in [5.41, 5.74) is 0.00140. The highest BCUT2D eigenvalue weighted by Gasteiger charge is 2.55. The molecule has 0 spiro atoms. The minimum Gasteiger partial charge on any atom is -0.374 e. The van der Waals surface area contributed by atoms with E-state index >= 15 is 0 Å². The third-order valence-electron chi connectivity index (χ3n) is 2.50. The zero-order valence-electron chi connectivity index (χ0n) is 8.78. The van der Waals surface area contributed by atoms with Crippen LogP contribution in [0.2, 0.25) is 0 Å². The summed E-state index contributed by atoms with van der Waals surface area (Å²) in [6.45, 7) is 0. The van der Waals surface area contributed by atoms with Crippen LogP contribution >= 0.6 is 0 Å². The number of rotatable bonds is 3. The number of hydroxylamine groups is 1. The van der Waals surface area contributed by atoms with Gasteiger partial charge in [-0.15, -0.1) is 18.7 Å². The molecule has 10 heteroatoms. The van der Waals surface area contributed by atoms with Crippen molar-refractivity contribution in [1.29, 1.82) is 0 Å². The average molecular weight is 270 g/mol. The van der Waals surface area contributed by atoms with Crippen molar-refractivity contribution in [2.75, 3.05) is 0 Å². The van der Waals surface area contributed by atoms with Gasteiger partial charge in [0.05, 0.1) is 0 Å². The van der Waals surface area contributed by atoms with Crippen LogP contribution in [0.5, 0.6) is 0 Å². The Bertz CT molecular complexity index is 381. The van der Waals surface area contributed by atoms with Crippen LogP contribution in [0.1, 0.15) is 12.8 Å². The van der Waals surface area contributed by atoms with Crippen molar-refractivity contribution in [1.82, 2.24) is 10.8 Å². The second-order valence-corrected chi connectivity index (χ2v) is 3.99. The number of carbonyl (C=O) groups is 2. The second-order valence-electron chi connectivity index (χ2n) is 3.99. The lowest BCUT2D eigenvalue weighted by molar-refractivity contribution is -0.352. The summed E-state index contributed by atoms with van der Waals surface area (Å²) in [4.78, 5) is 26.8. The molecule has 2 fully saturated rings. The first kappa shape index (κ1) is 13.1. The fraction of sp³-hybridized carbons (Fsp3) is 0.750. The largest absolute Gasteiger partial charge is 0.524 e. The van der Waals surface area contributed by atoms with E-state index in [9.17, 15) is 27.9 Å². The van der Waals surface area contributed by atoms with E-state index in [1.165, 1.54) is 0 Å². The molecule has 0 bridgehead atoms. The molecule has 2 unspecified atom stereocenters. The highest BCUT2D eigenvalue weighted by Crippen LogP contribution is 2.41. The van der Waals surface area contributed by atoms with Crippen molar-refractivity contribution >= 4 is 11.9 Å². The van der Waals surface area contributed by atoms with Gasteiger partial charge in [-0.2, -0.15) is 0 Å². The maximum absolute atomic E-state index is 12.0. The molecular weight excluding hydrogens is 261 g/mol. The minimum atomic E-state index is -4.89. The van der Waals surface area contributed by atoms with Gasteiger partial charge in [-0.1, -0.05) is 0 Å². The smallest absolute Gasteiger partial charge is 0.374 e. The van der Waals surface area contributed by atoms with Crippen LogP contribution in [0.4, 0.5) is 13.2 Å². The van der Waals surface area contributed by atoms with Crippen LogP contribution in [0, 0.1) is 5.92 Å². The molecule has 0 aromatic rings. The van der Waals surface area contributed by atoms with Crippen molar-refractivity contribution < 1.29 is 37.4 Å². The number of hydrogen-bond donors (Lipinski definition) is 3. The zero-order chi connectivity index (χ0) is 13.6. The molecule has 7 nitrogen and oxygen atoms in total. The van der Waals surface area contributed by atoms with Crippen molar-refractivity contribution in [3.63, 3.8) is 0 Å². The van der Waals surface area contributed by atoms with Crippen molar-refractivity contribution in [2.45, 2.75) is 31.2 Å². The average Bonchev–Trinajstić information content (AvgIpc) is 2.82. The Balaban J connectivity index is 1.97. The van der Waals surface area contributed by atoms with Gasteiger partial charge in [0.2, 0.25) is 5.91 Å². The van der Waals surface area contributed by atoms with E-state index in [2.05, 4.69) is 9.57 Å².